The molecule has 0 spiro atoms. The van der Waals surface area contributed by atoms with E-state index >= 15 is 0 Å². The van der Waals surface area contributed by atoms with Crippen molar-refractivity contribution in [1.29, 1.82) is 0 Å². The summed E-state index contributed by atoms with van der Waals surface area (Å²) in [4.78, 5) is 11.9. The SMILES string of the molecule is O=C1C[C@@H](CNCc2ccccc2-n2cccn2)c2ccccc2N1. The van der Waals surface area contributed by atoms with Gasteiger partial charge < -0.3 is 10.6 Å². The van der Waals surface area contributed by atoms with Gasteiger partial charge >= 0.3 is 0 Å². The van der Waals surface area contributed by atoms with E-state index in [1.54, 1.807) is 6.20 Å². The van der Waals surface area contributed by atoms with Crippen LogP contribution in [0.4, 0.5) is 5.69 Å². The number of aromatic nitrogens is 2. The first-order valence-electron chi connectivity index (χ1n) is 8.48. The second-order valence-corrected chi connectivity index (χ2v) is 6.25. The van der Waals surface area contributed by atoms with E-state index in [2.05, 4.69) is 33.9 Å². The first-order valence-corrected chi connectivity index (χ1v) is 8.48. The van der Waals surface area contributed by atoms with Crippen molar-refractivity contribution >= 4 is 11.6 Å². The van der Waals surface area contributed by atoms with Gasteiger partial charge in [0, 0.05) is 43.5 Å². The molecule has 2 aromatic carbocycles. The number of nitrogens with one attached hydrogen (secondary N) is 2. The highest BCUT2D eigenvalue weighted by Gasteiger charge is 2.24. The van der Waals surface area contributed by atoms with Crippen LogP contribution in [0.5, 0.6) is 0 Å². The minimum absolute atomic E-state index is 0.0856. The Bertz CT molecular complexity index is 873. The molecule has 5 nitrogen and oxygen atoms in total. The Hall–Kier alpha value is -2.92. The molecular weight excluding hydrogens is 312 g/mol. The lowest BCUT2D eigenvalue weighted by Crippen LogP contribution is -2.29. The van der Waals surface area contributed by atoms with Gasteiger partial charge in [0.25, 0.3) is 0 Å². The number of anilines is 1. The number of benzene rings is 2. The molecule has 25 heavy (non-hydrogen) atoms. The third-order valence-corrected chi connectivity index (χ3v) is 4.56. The van der Waals surface area contributed by atoms with Gasteiger partial charge in [0.05, 0.1) is 5.69 Å². The molecule has 0 bridgehead atoms. The Labute approximate surface area is 146 Å². The lowest BCUT2D eigenvalue weighted by Gasteiger charge is -2.26. The normalized spacial score (nSPS) is 16.3. The van der Waals surface area contributed by atoms with Crippen molar-refractivity contribution in [3.63, 3.8) is 0 Å². The van der Waals surface area contributed by atoms with Crippen LogP contribution in [-0.2, 0) is 11.3 Å². The maximum atomic E-state index is 11.9. The number of para-hydroxylation sites is 2. The van der Waals surface area contributed by atoms with Gasteiger partial charge in [-0.05, 0) is 29.3 Å². The van der Waals surface area contributed by atoms with E-state index < -0.39 is 0 Å². The van der Waals surface area contributed by atoms with Crippen molar-refractivity contribution < 1.29 is 4.79 Å². The van der Waals surface area contributed by atoms with E-state index in [1.807, 2.05) is 47.3 Å². The van der Waals surface area contributed by atoms with Crippen LogP contribution in [-0.4, -0.2) is 22.2 Å². The molecule has 126 valence electrons. The molecule has 0 radical (unpaired) electrons. The quantitative estimate of drug-likeness (QED) is 0.755. The van der Waals surface area contributed by atoms with Crippen molar-refractivity contribution in [1.82, 2.24) is 15.1 Å². The fourth-order valence-electron chi connectivity index (χ4n) is 3.36. The fourth-order valence-corrected chi connectivity index (χ4v) is 3.36. The molecule has 0 fully saturated rings. The van der Waals surface area contributed by atoms with Gasteiger partial charge in [0.2, 0.25) is 5.91 Å². The van der Waals surface area contributed by atoms with Gasteiger partial charge in [-0.2, -0.15) is 5.10 Å². The van der Waals surface area contributed by atoms with E-state index in [4.69, 9.17) is 0 Å². The van der Waals surface area contributed by atoms with Gasteiger partial charge in [-0.3, -0.25) is 4.79 Å². The maximum Gasteiger partial charge on any atom is 0.225 e. The highest BCUT2D eigenvalue weighted by Crippen LogP contribution is 2.31. The summed E-state index contributed by atoms with van der Waals surface area (Å²) in [5.41, 5.74) is 4.39. The molecule has 0 aliphatic carbocycles. The molecule has 2 heterocycles. The summed E-state index contributed by atoms with van der Waals surface area (Å²) in [5.74, 6) is 0.282. The molecule has 4 rings (SSSR count). The van der Waals surface area contributed by atoms with Crippen LogP contribution in [0.3, 0.4) is 0 Å². The zero-order chi connectivity index (χ0) is 17.1. The largest absolute Gasteiger partial charge is 0.326 e. The standard InChI is InChI=1S/C20H20N4O/c25-20-12-16(17-7-2-3-8-18(17)23-20)14-21-13-15-6-1-4-9-19(15)24-11-5-10-22-24/h1-11,16,21H,12-14H2,(H,23,25)/t16-/m0/s1. The second kappa shape index (κ2) is 6.91. The number of hydrogen-bond donors (Lipinski definition) is 2. The number of hydrogen-bond acceptors (Lipinski definition) is 3. The third kappa shape index (κ3) is 3.32. The highest BCUT2D eigenvalue weighted by atomic mass is 16.1. The summed E-state index contributed by atoms with van der Waals surface area (Å²) in [6.07, 6.45) is 4.24. The summed E-state index contributed by atoms with van der Waals surface area (Å²) < 4.78 is 1.88. The fraction of sp³-hybridized carbons (Fsp3) is 0.200. The molecule has 5 heteroatoms. The first kappa shape index (κ1) is 15.6. The van der Waals surface area contributed by atoms with Crippen molar-refractivity contribution in [2.75, 3.05) is 11.9 Å². The Morgan fingerprint density at radius 2 is 1.96 bits per heavy atom. The number of amides is 1. The summed E-state index contributed by atoms with van der Waals surface area (Å²) in [5, 5.41) is 10.8. The number of carbonyl (C=O) groups excluding carboxylic acids is 1. The van der Waals surface area contributed by atoms with Crippen LogP contribution >= 0.6 is 0 Å². The lowest BCUT2D eigenvalue weighted by atomic mass is 9.90. The molecule has 0 unspecified atom stereocenters. The van der Waals surface area contributed by atoms with E-state index in [0.29, 0.717) is 6.42 Å². The van der Waals surface area contributed by atoms with E-state index in [0.717, 1.165) is 24.5 Å². The minimum atomic E-state index is 0.0856. The van der Waals surface area contributed by atoms with Gasteiger partial charge in [-0.25, -0.2) is 4.68 Å². The predicted octanol–water partition coefficient (Wildman–Crippen LogP) is 3.09. The zero-order valence-electron chi connectivity index (χ0n) is 13.9. The summed E-state index contributed by atoms with van der Waals surface area (Å²) in [6, 6.07) is 18.2. The van der Waals surface area contributed by atoms with Gasteiger partial charge in [-0.15, -0.1) is 0 Å². The summed E-state index contributed by atoms with van der Waals surface area (Å²) in [7, 11) is 0. The van der Waals surface area contributed by atoms with E-state index in [9.17, 15) is 4.79 Å². The van der Waals surface area contributed by atoms with Crippen LogP contribution in [0.25, 0.3) is 5.69 Å². The van der Waals surface area contributed by atoms with Crippen molar-refractivity contribution in [2.45, 2.75) is 18.9 Å². The molecule has 0 saturated carbocycles. The van der Waals surface area contributed by atoms with Gasteiger partial charge in [0.15, 0.2) is 0 Å². The predicted molar refractivity (Wildman–Crippen MR) is 97.7 cm³/mol. The second-order valence-electron chi connectivity index (χ2n) is 6.25. The molecule has 1 aliphatic rings. The number of rotatable bonds is 5. The number of nitrogens with zero attached hydrogens (tertiary/aromatic N) is 2. The molecule has 1 amide bonds. The van der Waals surface area contributed by atoms with Crippen LogP contribution in [0.1, 0.15) is 23.5 Å². The average Bonchev–Trinajstić information content (AvgIpc) is 3.16. The van der Waals surface area contributed by atoms with Crippen LogP contribution in [0.15, 0.2) is 67.0 Å². The van der Waals surface area contributed by atoms with Crippen LogP contribution in [0, 0.1) is 0 Å². The Morgan fingerprint density at radius 3 is 2.84 bits per heavy atom. The molecular formula is C20H20N4O. The van der Waals surface area contributed by atoms with Crippen LogP contribution in [0.2, 0.25) is 0 Å². The van der Waals surface area contributed by atoms with E-state index in [-0.39, 0.29) is 11.8 Å². The first-order chi connectivity index (χ1) is 12.3. The number of fused-ring (bicyclic) bond motifs is 1. The Morgan fingerprint density at radius 1 is 1.12 bits per heavy atom. The minimum Gasteiger partial charge on any atom is -0.326 e. The third-order valence-electron chi connectivity index (χ3n) is 4.56. The van der Waals surface area contributed by atoms with Crippen molar-refractivity contribution in [2.24, 2.45) is 0 Å². The van der Waals surface area contributed by atoms with Crippen molar-refractivity contribution in [3.05, 3.63) is 78.1 Å². The Kier molecular flexibility index (Phi) is 4.31. The van der Waals surface area contributed by atoms with Crippen LogP contribution < -0.4 is 10.6 Å². The topological polar surface area (TPSA) is 59.0 Å². The average molecular weight is 332 g/mol. The molecule has 3 aromatic rings. The molecule has 1 atom stereocenters. The summed E-state index contributed by atoms with van der Waals surface area (Å²) in [6.45, 7) is 1.49. The smallest absolute Gasteiger partial charge is 0.225 e. The monoisotopic (exact) mass is 332 g/mol. The molecule has 1 aliphatic heterocycles. The van der Waals surface area contributed by atoms with Crippen molar-refractivity contribution in [3.8, 4) is 5.69 Å². The van der Waals surface area contributed by atoms with Gasteiger partial charge in [-0.1, -0.05) is 36.4 Å². The molecule has 0 saturated heterocycles. The lowest BCUT2D eigenvalue weighted by molar-refractivity contribution is -0.116. The van der Waals surface area contributed by atoms with E-state index in [1.165, 1.54) is 11.1 Å². The highest BCUT2D eigenvalue weighted by molar-refractivity contribution is 5.94. The van der Waals surface area contributed by atoms with Gasteiger partial charge in [0.1, 0.15) is 0 Å². The Balaban J connectivity index is 1.46. The molecule has 1 aromatic heterocycles. The maximum absolute atomic E-state index is 11.9. The zero-order valence-corrected chi connectivity index (χ0v) is 13.9. The summed E-state index contributed by atoms with van der Waals surface area (Å²) >= 11 is 0. The molecule has 2 N–H and O–H groups in total. The number of carbonyl (C=O) groups is 1.